The maximum absolute atomic E-state index is 12.2. The first-order valence-corrected chi connectivity index (χ1v) is 6.10. The molecule has 0 heterocycles. The summed E-state index contributed by atoms with van der Waals surface area (Å²) in [4.78, 5) is 12.2. The van der Waals surface area contributed by atoms with Gasteiger partial charge in [-0.2, -0.15) is 0 Å². The molecule has 2 nitrogen and oxygen atoms in total. The average Bonchev–Trinajstić information content (AvgIpc) is 2.68. The molecule has 0 aliphatic heterocycles. The molecule has 0 spiro atoms. The summed E-state index contributed by atoms with van der Waals surface area (Å²) in [6.45, 7) is 0. The number of hydrogen-bond donors (Lipinski definition) is 1. The van der Waals surface area contributed by atoms with Crippen molar-refractivity contribution in [2.75, 3.05) is 0 Å². The number of rotatable bonds is 2. The van der Waals surface area contributed by atoms with E-state index in [1.54, 1.807) is 18.2 Å². The van der Waals surface area contributed by atoms with Gasteiger partial charge in [0.1, 0.15) is 0 Å². The summed E-state index contributed by atoms with van der Waals surface area (Å²) in [5, 5.41) is 0.757. The second-order valence-corrected chi connectivity index (χ2v) is 4.95. The fourth-order valence-electron chi connectivity index (χ4n) is 2.21. The summed E-state index contributed by atoms with van der Waals surface area (Å²) in [7, 11) is 0. The van der Waals surface area contributed by atoms with Gasteiger partial charge in [0.15, 0.2) is 5.78 Å². The van der Waals surface area contributed by atoms with Gasteiger partial charge in [0.2, 0.25) is 0 Å². The first-order chi connectivity index (χ1) is 7.61. The van der Waals surface area contributed by atoms with Gasteiger partial charge >= 0.3 is 0 Å². The van der Waals surface area contributed by atoms with Crippen molar-refractivity contribution >= 4 is 29.0 Å². The quantitative estimate of drug-likeness (QED) is 0.827. The Bertz CT molecular complexity index is 419. The van der Waals surface area contributed by atoms with Crippen molar-refractivity contribution in [2.45, 2.75) is 25.3 Å². The summed E-state index contributed by atoms with van der Waals surface area (Å²) in [5.41, 5.74) is 6.41. The molecule has 2 N–H and O–H groups in total. The summed E-state index contributed by atoms with van der Waals surface area (Å²) in [6.07, 6.45) is 2.77. The van der Waals surface area contributed by atoms with Crippen molar-refractivity contribution < 1.29 is 4.79 Å². The van der Waals surface area contributed by atoms with Crippen molar-refractivity contribution in [3.05, 3.63) is 33.8 Å². The zero-order chi connectivity index (χ0) is 11.7. The van der Waals surface area contributed by atoms with Crippen LogP contribution in [0.5, 0.6) is 0 Å². The molecule has 0 aromatic heterocycles. The van der Waals surface area contributed by atoms with E-state index in [1.165, 1.54) is 0 Å². The van der Waals surface area contributed by atoms with Crippen LogP contribution in [0.3, 0.4) is 0 Å². The van der Waals surface area contributed by atoms with E-state index in [9.17, 15) is 4.79 Å². The molecule has 1 fully saturated rings. The first kappa shape index (κ1) is 11.9. The number of halogens is 2. The van der Waals surface area contributed by atoms with Gasteiger partial charge in [0.25, 0.3) is 0 Å². The van der Waals surface area contributed by atoms with E-state index in [4.69, 9.17) is 28.9 Å². The molecule has 2 atom stereocenters. The molecule has 1 aliphatic carbocycles. The zero-order valence-corrected chi connectivity index (χ0v) is 10.3. The highest BCUT2D eigenvalue weighted by Crippen LogP contribution is 2.32. The number of nitrogens with two attached hydrogens (primary N) is 1. The minimum absolute atomic E-state index is 0.0255. The normalized spacial score (nSPS) is 24.7. The van der Waals surface area contributed by atoms with Gasteiger partial charge < -0.3 is 5.73 Å². The maximum Gasteiger partial charge on any atom is 0.169 e. The minimum Gasteiger partial charge on any atom is -0.327 e. The van der Waals surface area contributed by atoms with Crippen molar-refractivity contribution in [3.63, 3.8) is 0 Å². The fraction of sp³-hybridized carbons (Fsp3) is 0.417. The van der Waals surface area contributed by atoms with Crippen molar-refractivity contribution in [1.29, 1.82) is 0 Å². The van der Waals surface area contributed by atoms with Crippen LogP contribution in [0.2, 0.25) is 10.0 Å². The lowest BCUT2D eigenvalue weighted by molar-refractivity contribution is 0.0913. The Balaban J connectivity index is 2.30. The van der Waals surface area contributed by atoms with E-state index >= 15 is 0 Å². The van der Waals surface area contributed by atoms with E-state index in [2.05, 4.69) is 0 Å². The topological polar surface area (TPSA) is 43.1 Å². The molecule has 0 radical (unpaired) electrons. The molecular formula is C12H13Cl2NO. The number of carbonyl (C=O) groups is 1. The Labute approximate surface area is 105 Å². The van der Waals surface area contributed by atoms with Crippen LogP contribution in [0.1, 0.15) is 29.6 Å². The maximum atomic E-state index is 12.2. The molecule has 1 aliphatic rings. The Morgan fingerprint density at radius 3 is 2.69 bits per heavy atom. The fourth-order valence-corrected chi connectivity index (χ4v) is 2.60. The van der Waals surface area contributed by atoms with Gasteiger partial charge in [-0.25, -0.2) is 0 Å². The lowest BCUT2D eigenvalue weighted by Crippen LogP contribution is -2.30. The average molecular weight is 258 g/mol. The molecule has 0 saturated heterocycles. The molecule has 86 valence electrons. The molecule has 1 saturated carbocycles. The van der Waals surface area contributed by atoms with Crippen molar-refractivity contribution in [3.8, 4) is 0 Å². The third-order valence-corrected chi connectivity index (χ3v) is 3.94. The summed E-state index contributed by atoms with van der Waals surface area (Å²) >= 11 is 11.9. The minimum atomic E-state index is -0.101. The standard InChI is InChI=1S/C12H13Cl2NO/c13-9-5-1-4-8(11(9)14)12(16)7-3-2-6-10(7)15/h1,4-5,7,10H,2-3,6,15H2. The molecule has 1 aromatic carbocycles. The Kier molecular flexibility index (Phi) is 3.53. The van der Waals surface area contributed by atoms with E-state index < -0.39 is 0 Å². The third-order valence-electron chi connectivity index (χ3n) is 3.12. The highest BCUT2D eigenvalue weighted by atomic mass is 35.5. The van der Waals surface area contributed by atoms with Crippen LogP contribution < -0.4 is 5.73 Å². The Morgan fingerprint density at radius 1 is 1.31 bits per heavy atom. The highest BCUT2D eigenvalue weighted by Gasteiger charge is 2.31. The number of benzene rings is 1. The zero-order valence-electron chi connectivity index (χ0n) is 8.75. The van der Waals surface area contributed by atoms with Crippen LogP contribution in [0.4, 0.5) is 0 Å². The lowest BCUT2D eigenvalue weighted by Gasteiger charge is -2.15. The van der Waals surface area contributed by atoms with Crippen molar-refractivity contribution in [1.82, 2.24) is 0 Å². The summed E-state index contributed by atoms with van der Waals surface area (Å²) in [6, 6.07) is 5.08. The van der Waals surface area contributed by atoms with E-state index in [1.807, 2.05) is 0 Å². The molecule has 0 amide bonds. The molecule has 4 heteroatoms. The van der Waals surface area contributed by atoms with Crippen LogP contribution in [0.25, 0.3) is 0 Å². The van der Waals surface area contributed by atoms with Gasteiger partial charge in [-0.15, -0.1) is 0 Å². The molecule has 2 unspecified atom stereocenters. The Hall–Kier alpha value is -0.570. The van der Waals surface area contributed by atoms with Gasteiger partial charge in [0, 0.05) is 17.5 Å². The van der Waals surface area contributed by atoms with Gasteiger partial charge in [-0.1, -0.05) is 35.7 Å². The van der Waals surface area contributed by atoms with E-state index in [0.29, 0.717) is 15.6 Å². The summed E-state index contributed by atoms with van der Waals surface area (Å²) < 4.78 is 0. The SMILES string of the molecule is NC1CCCC1C(=O)c1cccc(Cl)c1Cl. The van der Waals surface area contributed by atoms with E-state index in [-0.39, 0.29) is 17.7 Å². The van der Waals surface area contributed by atoms with Gasteiger partial charge in [0.05, 0.1) is 10.0 Å². The molecular weight excluding hydrogens is 245 g/mol. The second-order valence-electron chi connectivity index (χ2n) is 4.17. The molecule has 2 rings (SSSR count). The van der Waals surface area contributed by atoms with Crippen LogP contribution >= 0.6 is 23.2 Å². The van der Waals surface area contributed by atoms with Crippen LogP contribution in [0.15, 0.2) is 18.2 Å². The number of ketones is 1. The van der Waals surface area contributed by atoms with Crippen LogP contribution in [-0.2, 0) is 0 Å². The second kappa shape index (κ2) is 4.74. The molecule has 0 bridgehead atoms. The summed E-state index contributed by atoms with van der Waals surface area (Å²) in [5.74, 6) is -0.0755. The lowest BCUT2D eigenvalue weighted by atomic mass is 9.93. The monoisotopic (exact) mass is 257 g/mol. The smallest absolute Gasteiger partial charge is 0.169 e. The largest absolute Gasteiger partial charge is 0.327 e. The van der Waals surface area contributed by atoms with Gasteiger partial charge in [-0.05, 0) is 25.0 Å². The number of hydrogen-bond acceptors (Lipinski definition) is 2. The molecule has 1 aromatic rings. The van der Waals surface area contributed by atoms with Crippen LogP contribution in [0, 0.1) is 5.92 Å². The van der Waals surface area contributed by atoms with Crippen molar-refractivity contribution in [2.24, 2.45) is 11.7 Å². The number of Topliss-reactive ketones (excluding diaryl/α,β-unsaturated/α-hetero) is 1. The Morgan fingerprint density at radius 2 is 2.06 bits per heavy atom. The number of carbonyl (C=O) groups excluding carboxylic acids is 1. The molecule has 16 heavy (non-hydrogen) atoms. The predicted molar refractivity (Wildman–Crippen MR) is 66.1 cm³/mol. The third kappa shape index (κ3) is 2.10. The van der Waals surface area contributed by atoms with E-state index in [0.717, 1.165) is 19.3 Å². The predicted octanol–water partition coefficient (Wildman–Crippen LogP) is 3.30. The first-order valence-electron chi connectivity index (χ1n) is 5.35. The van der Waals surface area contributed by atoms with Crippen LogP contribution in [-0.4, -0.2) is 11.8 Å². The van der Waals surface area contributed by atoms with Gasteiger partial charge in [-0.3, -0.25) is 4.79 Å². The highest BCUT2D eigenvalue weighted by molar-refractivity contribution is 6.44.